The number of nitrogens with one attached hydrogen (secondary N) is 2. The number of hydrogen-bond acceptors (Lipinski definition) is 5. The Bertz CT molecular complexity index is 293. The third-order valence-corrected chi connectivity index (χ3v) is 2.72. The number of aromatic nitrogens is 2. The molecular weight excluding hydrogens is 192 g/mol. The van der Waals surface area contributed by atoms with Crippen molar-refractivity contribution in [2.75, 3.05) is 26.7 Å². The quantitative estimate of drug-likeness (QED) is 0.684. The molecule has 2 rings (SSSR count). The minimum atomic E-state index is 0.426. The van der Waals surface area contributed by atoms with Crippen LogP contribution >= 0.6 is 0 Å². The summed E-state index contributed by atoms with van der Waals surface area (Å²) in [4.78, 5) is 4.42. The predicted octanol–water partition coefficient (Wildman–Crippen LogP) is 0.298. The molecule has 0 aromatic carbocycles. The molecule has 0 saturated carbocycles. The van der Waals surface area contributed by atoms with Gasteiger partial charge in [-0.15, -0.1) is 0 Å². The average Bonchev–Trinajstić information content (AvgIpc) is 2.87. The van der Waals surface area contributed by atoms with Crippen LogP contribution in [0.15, 0.2) is 4.52 Å². The molecule has 0 amide bonds. The summed E-state index contributed by atoms with van der Waals surface area (Å²) in [6, 6.07) is 0. The van der Waals surface area contributed by atoms with Gasteiger partial charge in [0.05, 0.1) is 5.92 Å². The van der Waals surface area contributed by atoms with Crippen molar-refractivity contribution >= 4 is 0 Å². The number of nitrogens with zero attached hydrogens (tertiary/aromatic N) is 2. The van der Waals surface area contributed by atoms with Crippen molar-refractivity contribution in [1.29, 1.82) is 0 Å². The van der Waals surface area contributed by atoms with Crippen LogP contribution in [-0.4, -0.2) is 36.8 Å². The van der Waals surface area contributed by atoms with E-state index in [4.69, 9.17) is 4.52 Å². The monoisotopic (exact) mass is 210 g/mol. The Labute approximate surface area is 89.6 Å². The van der Waals surface area contributed by atoms with E-state index in [1.54, 1.807) is 0 Å². The van der Waals surface area contributed by atoms with Crippen molar-refractivity contribution in [2.45, 2.75) is 25.2 Å². The summed E-state index contributed by atoms with van der Waals surface area (Å²) in [6.45, 7) is 3.02. The fraction of sp³-hybridized carbons (Fsp3) is 0.800. The first-order valence-electron chi connectivity index (χ1n) is 5.58. The highest BCUT2D eigenvalue weighted by Crippen LogP contribution is 2.20. The molecule has 0 radical (unpaired) electrons. The normalized spacial score (nSPS) is 21.0. The van der Waals surface area contributed by atoms with E-state index in [2.05, 4.69) is 20.8 Å². The topological polar surface area (TPSA) is 63.0 Å². The van der Waals surface area contributed by atoms with Gasteiger partial charge in [0.15, 0.2) is 5.82 Å². The number of hydrogen-bond donors (Lipinski definition) is 2. The van der Waals surface area contributed by atoms with Crippen LogP contribution in [-0.2, 0) is 6.42 Å². The molecule has 1 unspecified atom stereocenters. The summed E-state index contributed by atoms with van der Waals surface area (Å²) in [7, 11) is 1.95. The zero-order chi connectivity index (χ0) is 10.5. The molecule has 5 nitrogen and oxygen atoms in total. The van der Waals surface area contributed by atoms with E-state index in [9.17, 15) is 0 Å². The summed E-state index contributed by atoms with van der Waals surface area (Å²) in [6.07, 6.45) is 3.06. The van der Waals surface area contributed by atoms with E-state index >= 15 is 0 Å². The minimum absolute atomic E-state index is 0.426. The van der Waals surface area contributed by atoms with Gasteiger partial charge in [0.2, 0.25) is 5.89 Å². The molecule has 0 aliphatic carbocycles. The largest absolute Gasteiger partial charge is 0.339 e. The van der Waals surface area contributed by atoms with Gasteiger partial charge in [0.1, 0.15) is 0 Å². The predicted molar refractivity (Wildman–Crippen MR) is 56.8 cm³/mol. The van der Waals surface area contributed by atoms with Crippen molar-refractivity contribution in [1.82, 2.24) is 20.8 Å². The highest BCUT2D eigenvalue weighted by molar-refractivity contribution is 4.98. The van der Waals surface area contributed by atoms with Gasteiger partial charge in [-0.3, -0.25) is 0 Å². The molecule has 2 N–H and O–H groups in total. The van der Waals surface area contributed by atoms with E-state index in [0.717, 1.165) is 50.6 Å². The van der Waals surface area contributed by atoms with E-state index in [-0.39, 0.29) is 0 Å². The first-order chi connectivity index (χ1) is 7.40. The molecule has 0 spiro atoms. The molecule has 1 aromatic heterocycles. The Balaban J connectivity index is 1.86. The van der Waals surface area contributed by atoms with Crippen LogP contribution < -0.4 is 10.6 Å². The lowest BCUT2D eigenvalue weighted by Gasteiger charge is -1.98. The summed E-state index contributed by atoms with van der Waals surface area (Å²) in [5, 5.41) is 10.4. The Morgan fingerprint density at radius 1 is 1.60 bits per heavy atom. The van der Waals surface area contributed by atoms with Crippen LogP contribution in [0.4, 0.5) is 0 Å². The van der Waals surface area contributed by atoms with Crippen LogP contribution in [0.5, 0.6) is 0 Å². The van der Waals surface area contributed by atoms with Crippen LogP contribution in [0.2, 0.25) is 0 Å². The molecule has 1 aromatic rings. The van der Waals surface area contributed by atoms with Crippen LogP contribution in [0, 0.1) is 0 Å². The van der Waals surface area contributed by atoms with Gasteiger partial charge in [-0.2, -0.15) is 4.98 Å². The van der Waals surface area contributed by atoms with Gasteiger partial charge >= 0.3 is 0 Å². The van der Waals surface area contributed by atoms with Gasteiger partial charge in [0, 0.05) is 13.0 Å². The van der Waals surface area contributed by atoms with Crippen molar-refractivity contribution in [3.63, 3.8) is 0 Å². The minimum Gasteiger partial charge on any atom is -0.339 e. The Hall–Kier alpha value is -0.940. The van der Waals surface area contributed by atoms with Gasteiger partial charge in [-0.05, 0) is 33.0 Å². The summed E-state index contributed by atoms with van der Waals surface area (Å²) >= 11 is 0. The first kappa shape index (κ1) is 10.6. The van der Waals surface area contributed by atoms with Crippen molar-refractivity contribution in [3.05, 3.63) is 11.7 Å². The second-order valence-electron chi connectivity index (χ2n) is 3.95. The van der Waals surface area contributed by atoms with E-state index in [1.807, 2.05) is 7.05 Å². The van der Waals surface area contributed by atoms with Crippen LogP contribution in [0.25, 0.3) is 0 Å². The van der Waals surface area contributed by atoms with Crippen molar-refractivity contribution < 1.29 is 4.52 Å². The van der Waals surface area contributed by atoms with Gasteiger partial charge in [-0.1, -0.05) is 5.16 Å². The van der Waals surface area contributed by atoms with E-state index < -0.39 is 0 Å². The fourth-order valence-electron chi connectivity index (χ4n) is 1.82. The van der Waals surface area contributed by atoms with Gasteiger partial charge in [0.25, 0.3) is 0 Å². The Morgan fingerprint density at radius 3 is 3.27 bits per heavy atom. The maximum absolute atomic E-state index is 5.26. The lowest BCUT2D eigenvalue weighted by atomic mass is 10.1. The maximum Gasteiger partial charge on any atom is 0.231 e. The second-order valence-corrected chi connectivity index (χ2v) is 3.95. The summed E-state index contributed by atoms with van der Waals surface area (Å²) < 4.78 is 5.26. The molecule has 1 atom stereocenters. The summed E-state index contributed by atoms with van der Waals surface area (Å²) in [5.41, 5.74) is 0. The van der Waals surface area contributed by atoms with Crippen molar-refractivity contribution in [2.24, 2.45) is 0 Å². The molecule has 1 saturated heterocycles. The molecule has 84 valence electrons. The highest BCUT2D eigenvalue weighted by Gasteiger charge is 2.22. The Morgan fingerprint density at radius 2 is 2.53 bits per heavy atom. The lowest BCUT2D eigenvalue weighted by molar-refractivity contribution is 0.354. The number of aryl methyl sites for hydroxylation is 1. The average molecular weight is 210 g/mol. The first-order valence-corrected chi connectivity index (χ1v) is 5.58. The standard InChI is InChI=1S/C10H18N4O/c1-11-5-2-3-9-13-10(15-14-9)8-4-6-12-7-8/h8,11-12H,2-7H2,1H3. The van der Waals surface area contributed by atoms with Gasteiger partial charge < -0.3 is 15.2 Å². The molecule has 1 aliphatic heterocycles. The zero-order valence-corrected chi connectivity index (χ0v) is 9.12. The molecule has 1 fully saturated rings. The molecule has 15 heavy (non-hydrogen) atoms. The van der Waals surface area contributed by atoms with Crippen molar-refractivity contribution in [3.8, 4) is 0 Å². The smallest absolute Gasteiger partial charge is 0.231 e. The SMILES string of the molecule is CNCCCc1noc(C2CCNC2)n1. The van der Waals surface area contributed by atoms with E-state index in [1.165, 1.54) is 0 Å². The van der Waals surface area contributed by atoms with Gasteiger partial charge in [-0.25, -0.2) is 0 Å². The molecule has 0 bridgehead atoms. The number of rotatable bonds is 5. The zero-order valence-electron chi connectivity index (χ0n) is 9.12. The third-order valence-electron chi connectivity index (χ3n) is 2.72. The lowest BCUT2D eigenvalue weighted by Crippen LogP contribution is -2.09. The third kappa shape index (κ3) is 2.76. The molecule has 1 aliphatic rings. The van der Waals surface area contributed by atoms with Crippen LogP contribution in [0.3, 0.4) is 0 Å². The van der Waals surface area contributed by atoms with E-state index in [0.29, 0.717) is 5.92 Å². The molecular formula is C10H18N4O. The molecule has 5 heteroatoms. The molecule has 2 heterocycles. The Kier molecular flexibility index (Phi) is 3.69. The maximum atomic E-state index is 5.26. The summed E-state index contributed by atoms with van der Waals surface area (Å²) in [5.74, 6) is 2.07. The highest BCUT2D eigenvalue weighted by atomic mass is 16.5. The fourth-order valence-corrected chi connectivity index (χ4v) is 1.82. The van der Waals surface area contributed by atoms with Crippen LogP contribution in [0.1, 0.15) is 30.5 Å². The second kappa shape index (κ2) is 5.23.